The predicted octanol–water partition coefficient (Wildman–Crippen LogP) is 4.55. The molecule has 2 aromatic carbocycles. The van der Waals surface area contributed by atoms with Crippen LogP contribution in [-0.2, 0) is 4.74 Å². The van der Waals surface area contributed by atoms with Crippen LogP contribution in [0, 0.1) is 5.82 Å². The average molecular weight is 352 g/mol. The van der Waals surface area contributed by atoms with Crippen molar-refractivity contribution in [1.29, 1.82) is 0 Å². The molecule has 0 saturated heterocycles. The molecule has 0 aliphatic rings. The zero-order valence-corrected chi connectivity index (χ0v) is 13.3. The van der Waals surface area contributed by atoms with Crippen LogP contribution in [-0.4, -0.2) is 13.1 Å². The van der Waals surface area contributed by atoms with E-state index in [1.807, 2.05) is 13.0 Å². The van der Waals surface area contributed by atoms with Gasteiger partial charge in [0, 0.05) is 16.2 Å². The highest BCUT2D eigenvalue weighted by Gasteiger charge is 2.15. The number of carbonyl (C=O) groups excluding carboxylic acids is 1. The van der Waals surface area contributed by atoms with Crippen molar-refractivity contribution in [3.63, 3.8) is 0 Å². The quantitative estimate of drug-likeness (QED) is 0.821. The molecule has 0 fully saturated rings. The molecule has 0 amide bonds. The molecular weight excluding hydrogens is 337 g/mol. The molecule has 21 heavy (non-hydrogen) atoms. The number of esters is 1. The maximum atomic E-state index is 13.1. The van der Waals surface area contributed by atoms with Gasteiger partial charge in [-0.2, -0.15) is 0 Å². The number of hydrogen-bond acceptors (Lipinski definition) is 3. The van der Waals surface area contributed by atoms with Gasteiger partial charge in [-0.3, -0.25) is 0 Å². The van der Waals surface area contributed by atoms with Crippen molar-refractivity contribution in [3.05, 3.63) is 63.9 Å². The van der Waals surface area contributed by atoms with Crippen molar-refractivity contribution in [3.8, 4) is 0 Å². The van der Waals surface area contributed by atoms with Crippen LogP contribution >= 0.6 is 15.9 Å². The Balaban J connectivity index is 2.27. The van der Waals surface area contributed by atoms with Gasteiger partial charge in [0.1, 0.15) is 5.82 Å². The minimum absolute atomic E-state index is 0.106. The van der Waals surface area contributed by atoms with Gasteiger partial charge in [0.15, 0.2) is 0 Å². The minimum atomic E-state index is -0.400. The summed E-state index contributed by atoms with van der Waals surface area (Å²) in [6.45, 7) is 1.94. The molecule has 1 unspecified atom stereocenters. The van der Waals surface area contributed by atoms with Gasteiger partial charge < -0.3 is 10.1 Å². The fourth-order valence-electron chi connectivity index (χ4n) is 2.06. The van der Waals surface area contributed by atoms with E-state index >= 15 is 0 Å². The summed E-state index contributed by atoms with van der Waals surface area (Å²) < 4.78 is 18.6. The number of ether oxygens (including phenoxy) is 1. The van der Waals surface area contributed by atoms with E-state index in [2.05, 4.69) is 21.2 Å². The molecule has 110 valence electrons. The summed E-state index contributed by atoms with van der Waals surface area (Å²) in [7, 11) is 1.35. The first-order valence-corrected chi connectivity index (χ1v) is 7.21. The topological polar surface area (TPSA) is 38.3 Å². The van der Waals surface area contributed by atoms with E-state index in [1.165, 1.54) is 19.2 Å². The molecule has 1 N–H and O–H groups in total. The first kappa shape index (κ1) is 15.5. The van der Waals surface area contributed by atoms with Crippen LogP contribution in [0.25, 0.3) is 0 Å². The van der Waals surface area contributed by atoms with Crippen LogP contribution in [0.4, 0.5) is 10.1 Å². The van der Waals surface area contributed by atoms with Crippen LogP contribution in [0.15, 0.2) is 46.9 Å². The van der Waals surface area contributed by atoms with E-state index < -0.39 is 5.97 Å². The van der Waals surface area contributed by atoms with Gasteiger partial charge in [-0.1, -0.05) is 34.1 Å². The second-order valence-electron chi connectivity index (χ2n) is 4.57. The average Bonchev–Trinajstić information content (AvgIpc) is 2.46. The lowest BCUT2D eigenvalue weighted by atomic mass is 10.1. The van der Waals surface area contributed by atoms with Crippen molar-refractivity contribution in [2.45, 2.75) is 13.0 Å². The largest absolute Gasteiger partial charge is 0.465 e. The fourth-order valence-corrected chi connectivity index (χ4v) is 2.75. The highest BCUT2D eigenvalue weighted by Crippen LogP contribution is 2.28. The smallest absolute Gasteiger partial charge is 0.339 e. The lowest BCUT2D eigenvalue weighted by molar-refractivity contribution is 0.0602. The van der Waals surface area contributed by atoms with E-state index in [9.17, 15) is 9.18 Å². The van der Waals surface area contributed by atoms with Crippen LogP contribution in [0.2, 0.25) is 0 Å². The Morgan fingerprint density at radius 2 is 2.00 bits per heavy atom. The SMILES string of the molecule is COC(=O)c1ccccc1NC(C)c1ccc(F)cc1Br. The number of benzene rings is 2. The Hall–Kier alpha value is -1.88. The minimum Gasteiger partial charge on any atom is -0.465 e. The molecule has 0 aliphatic carbocycles. The van der Waals surface area contributed by atoms with Crippen molar-refractivity contribution in [2.75, 3.05) is 12.4 Å². The molecule has 3 nitrogen and oxygen atoms in total. The lowest BCUT2D eigenvalue weighted by Crippen LogP contribution is -2.12. The maximum Gasteiger partial charge on any atom is 0.339 e. The third-order valence-corrected chi connectivity index (χ3v) is 3.82. The molecule has 0 spiro atoms. The number of anilines is 1. The number of nitrogens with one attached hydrogen (secondary N) is 1. The molecule has 5 heteroatoms. The standard InChI is InChI=1S/C16H15BrFNO2/c1-10(12-8-7-11(18)9-14(12)17)19-15-6-4-3-5-13(15)16(20)21-2/h3-10,19H,1-2H3. The van der Waals surface area contributed by atoms with Gasteiger partial charge in [-0.25, -0.2) is 9.18 Å². The third kappa shape index (κ3) is 3.61. The predicted molar refractivity (Wildman–Crippen MR) is 83.9 cm³/mol. The Bertz CT molecular complexity index is 660. The van der Waals surface area contributed by atoms with E-state index in [0.717, 1.165) is 5.56 Å². The molecule has 0 saturated carbocycles. The molecule has 2 aromatic rings. The van der Waals surface area contributed by atoms with Gasteiger partial charge >= 0.3 is 5.97 Å². The van der Waals surface area contributed by atoms with Crippen LogP contribution in [0.1, 0.15) is 28.9 Å². The summed E-state index contributed by atoms with van der Waals surface area (Å²) in [5.74, 6) is -0.698. The lowest BCUT2D eigenvalue weighted by Gasteiger charge is -2.19. The fraction of sp³-hybridized carbons (Fsp3) is 0.188. The van der Waals surface area contributed by atoms with Crippen molar-refractivity contribution in [2.24, 2.45) is 0 Å². The Kier molecular flexibility index (Phi) is 4.96. The second kappa shape index (κ2) is 6.72. The van der Waals surface area contributed by atoms with Gasteiger partial charge in [-0.15, -0.1) is 0 Å². The summed E-state index contributed by atoms with van der Waals surface area (Å²) in [5, 5.41) is 3.25. The van der Waals surface area contributed by atoms with Gasteiger partial charge in [0.25, 0.3) is 0 Å². The molecule has 1 atom stereocenters. The monoisotopic (exact) mass is 351 g/mol. The van der Waals surface area contributed by atoms with Crippen LogP contribution < -0.4 is 5.32 Å². The summed E-state index contributed by atoms with van der Waals surface area (Å²) in [4.78, 5) is 11.7. The van der Waals surface area contributed by atoms with E-state index in [1.54, 1.807) is 24.3 Å². The first-order valence-electron chi connectivity index (χ1n) is 6.41. The highest BCUT2D eigenvalue weighted by molar-refractivity contribution is 9.10. The summed E-state index contributed by atoms with van der Waals surface area (Å²) in [6, 6.07) is 11.5. The van der Waals surface area contributed by atoms with E-state index in [-0.39, 0.29) is 11.9 Å². The molecule has 0 aromatic heterocycles. The zero-order chi connectivity index (χ0) is 15.4. The normalized spacial score (nSPS) is 11.8. The number of methoxy groups -OCH3 is 1. The summed E-state index contributed by atoms with van der Waals surface area (Å²) in [5.41, 5.74) is 2.04. The number of rotatable bonds is 4. The zero-order valence-electron chi connectivity index (χ0n) is 11.7. The van der Waals surface area contributed by atoms with Crippen molar-refractivity contribution in [1.82, 2.24) is 0 Å². The van der Waals surface area contributed by atoms with Crippen LogP contribution in [0.5, 0.6) is 0 Å². The maximum absolute atomic E-state index is 13.1. The van der Waals surface area contributed by atoms with E-state index in [0.29, 0.717) is 15.7 Å². The molecule has 2 rings (SSSR count). The Morgan fingerprint density at radius 1 is 1.29 bits per heavy atom. The van der Waals surface area contributed by atoms with Gasteiger partial charge in [0.2, 0.25) is 0 Å². The Labute approximate surface area is 131 Å². The number of hydrogen-bond donors (Lipinski definition) is 1. The van der Waals surface area contributed by atoms with E-state index in [4.69, 9.17) is 4.74 Å². The first-order chi connectivity index (χ1) is 10.0. The van der Waals surface area contributed by atoms with Crippen molar-refractivity contribution < 1.29 is 13.9 Å². The van der Waals surface area contributed by atoms with Gasteiger partial charge in [0.05, 0.1) is 12.7 Å². The molecule has 0 bridgehead atoms. The second-order valence-corrected chi connectivity index (χ2v) is 5.42. The molecule has 0 radical (unpaired) electrons. The molecule has 0 heterocycles. The number of carbonyl (C=O) groups is 1. The summed E-state index contributed by atoms with van der Waals surface area (Å²) in [6.07, 6.45) is 0. The number of para-hydroxylation sites is 1. The summed E-state index contributed by atoms with van der Waals surface area (Å²) >= 11 is 3.35. The highest BCUT2D eigenvalue weighted by atomic mass is 79.9. The van der Waals surface area contributed by atoms with Gasteiger partial charge in [-0.05, 0) is 36.8 Å². The van der Waals surface area contributed by atoms with Crippen molar-refractivity contribution >= 4 is 27.6 Å². The third-order valence-electron chi connectivity index (χ3n) is 3.13. The molecule has 0 aliphatic heterocycles. The molecular formula is C16H15BrFNO2. The van der Waals surface area contributed by atoms with Crippen LogP contribution in [0.3, 0.4) is 0 Å². The Morgan fingerprint density at radius 3 is 2.67 bits per heavy atom. The number of halogens is 2.